The molecule has 0 radical (unpaired) electrons. The Morgan fingerprint density at radius 1 is 1.12 bits per heavy atom. The minimum Gasteiger partial charge on any atom is -0.493 e. The van der Waals surface area contributed by atoms with Crippen LogP contribution < -0.4 is 19.8 Å². The molecule has 1 heterocycles. The molecule has 3 rings (SSSR count). The Bertz CT molecular complexity index is 1210. The van der Waals surface area contributed by atoms with Gasteiger partial charge >= 0.3 is 5.97 Å². The van der Waals surface area contributed by atoms with Crippen LogP contribution >= 0.6 is 11.8 Å². The summed E-state index contributed by atoms with van der Waals surface area (Å²) in [5.41, 5.74) is 1.61. The molecule has 0 aliphatic heterocycles. The zero-order chi connectivity index (χ0) is 23.4. The molecule has 0 spiro atoms. The summed E-state index contributed by atoms with van der Waals surface area (Å²) >= 11 is 1.14. The topological polar surface area (TPSA) is 88.9 Å². The van der Waals surface area contributed by atoms with E-state index in [1.54, 1.807) is 19.9 Å². The number of nitrogens with zero attached hydrogens (tertiary/aromatic N) is 2. The summed E-state index contributed by atoms with van der Waals surface area (Å²) in [6.45, 7) is 5.67. The maximum Gasteiger partial charge on any atom is 0.319 e. The lowest BCUT2D eigenvalue weighted by Crippen LogP contribution is -2.24. The van der Waals surface area contributed by atoms with Crippen molar-refractivity contribution < 1.29 is 23.7 Å². The van der Waals surface area contributed by atoms with Crippen molar-refractivity contribution in [3.8, 4) is 22.9 Å². The normalized spacial score (nSPS) is 11.8. The minimum absolute atomic E-state index is 0.268. The molecule has 0 bridgehead atoms. The van der Waals surface area contributed by atoms with Crippen molar-refractivity contribution in [2.24, 2.45) is 0 Å². The van der Waals surface area contributed by atoms with E-state index in [4.69, 9.17) is 23.9 Å². The quantitative estimate of drug-likeness (QED) is 0.286. The first-order valence-electron chi connectivity index (χ1n) is 10.0. The fourth-order valence-electron chi connectivity index (χ4n) is 3.31. The van der Waals surface area contributed by atoms with Crippen molar-refractivity contribution in [2.45, 2.75) is 31.2 Å². The molecule has 32 heavy (non-hydrogen) atoms. The molecule has 1 atom stereocenters. The first kappa shape index (κ1) is 23.5. The molecule has 2 aromatic carbocycles. The second-order valence-electron chi connectivity index (χ2n) is 6.93. The number of aromatic nitrogens is 2. The zero-order valence-electron chi connectivity index (χ0n) is 18.9. The van der Waals surface area contributed by atoms with Gasteiger partial charge in [-0.1, -0.05) is 23.9 Å². The summed E-state index contributed by atoms with van der Waals surface area (Å²) in [7, 11) is 4.44. The third-order valence-corrected chi connectivity index (χ3v) is 5.83. The van der Waals surface area contributed by atoms with Gasteiger partial charge in [0.2, 0.25) is 5.75 Å². The van der Waals surface area contributed by atoms with Crippen LogP contribution in [0, 0.1) is 6.92 Å². The van der Waals surface area contributed by atoms with Crippen molar-refractivity contribution in [1.29, 1.82) is 0 Å². The summed E-state index contributed by atoms with van der Waals surface area (Å²) in [6.07, 6.45) is 0. The molecule has 3 aromatic rings. The largest absolute Gasteiger partial charge is 0.493 e. The third-order valence-electron chi connectivity index (χ3n) is 4.80. The molecule has 0 aliphatic rings. The van der Waals surface area contributed by atoms with Crippen LogP contribution in [-0.4, -0.2) is 48.7 Å². The van der Waals surface area contributed by atoms with Gasteiger partial charge in [0.25, 0.3) is 5.56 Å². The molecule has 9 heteroatoms. The van der Waals surface area contributed by atoms with Gasteiger partial charge in [-0.15, -0.1) is 0 Å². The maximum absolute atomic E-state index is 13.7. The van der Waals surface area contributed by atoms with Crippen molar-refractivity contribution in [3.63, 3.8) is 0 Å². The molecule has 0 N–H and O–H groups in total. The van der Waals surface area contributed by atoms with Crippen LogP contribution in [0.3, 0.4) is 0 Å². The average Bonchev–Trinajstić information content (AvgIpc) is 2.78. The summed E-state index contributed by atoms with van der Waals surface area (Å²) in [5.74, 6) is 0.576. The number of esters is 1. The number of ether oxygens (including phenoxy) is 4. The van der Waals surface area contributed by atoms with Gasteiger partial charge in [0.05, 0.1) is 39.0 Å². The molecule has 170 valence electrons. The van der Waals surface area contributed by atoms with Gasteiger partial charge < -0.3 is 18.9 Å². The van der Waals surface area contributed by atoms with E-state index in [1.807, 2.05) is 31.2 Å². The van der Waals surface area contributed by atoms with Crippen molar-refractivity contribution in [2.75, 3.05) is 27.9 Å². The predicted molar refractivity (Wildman–Crippen MR) is 124 cm³/mol. The Balaban J connectivity index is 2.36. The molecule has 0 saturated carbocycles. The lowest BCUT2D eigenvalue weighted by atomic mass is 10.2. The SMILES string of the molecule is CCOC(=O)C(C)Sc1nc2c(OC)c(OC)c(OC)cc2c(=O)n1-c1cccc(C)c1. The van der Waals surface area contributed by atoms with Crippen molar-refractivity contribution >= 4 is 28.6 Å². The highest BCUT2D eigenvalue weighted by molar-refractivity contribution is 8.00. The monoisotopic (exact) mass is 458 g/mol. The van der Waals surface area contributed by atoms with E-state index in [1.165, 1.54) is 25.9 Å². The van der Waals surface area contributed by atoms with Crippen LogP contribution in [0.15, 0.2) is 40.3 Å². The van der Waals surface area contributed by atoms with Gasteiger partial charge in [0.15, 0.2) is 16.7 Å². The number of methoxy groups -OCH3 is 3. The molecule has 0 saturated heterocycles. The first-order valence-corrected chi connectivity index (χ1v) is 10.9. The van der Waals surface area contributed by atoms with E-state index in [2.05, 4.69) is 0 Å². The average molecular weight is 459 g/mol. The van der Waals surface area contributed by atoms with E-state index < -0.39 is 5.25 Å². The van der Waals surface area contributed by atoms with Gasteiger partial charge in [0.1, 0.15) is 10.8 Å². The second kappa shape index (κ2) is 9.95. The zero-order valence-corrected chi connectivity index (χ0v) is 19.7. The highest BCUT2D eigenvalue weighted by atomic mass is 32.2. The smallest absolute Gasteiger partial charge is 0.319 e. The Morgan fingerprint density at radius 3 is 2.44 bits per heavy atom. The Kier molecular flexibility index (Phi) is 7.29. The fourth-order valence-corrected chi connectivity index (χ4v) is 4.23. The van der Waals surface area contributed by atoms with Crippen LogP contribution in [0.25, 0.3) is 16.6 Å². The molecule has 8 nitrogen and oxygen atoms in total. The molecule has 0 amide bonds. The number of fused-ring (bicyclic) bond motifs is 1. The van der Waals surface area contributed by atoms with Gasteiger partial charge in [-0.3, -0.25) is 14.2 Å². The summed E-state index contributed by atoms with van der Waals surface area (Å²) in [5, 5.41) is 0.0508. The molecule has 0 fully saturated rings. The Hall–Kier alpha value is -3.20. The number of thioether (sulfide) groups is 1. The van der Waals surface area contributed by atoms with Crippen LogP contribution in [0.1, 0.15) is 19.4 Å². The second-order valence-corrected chi connectivity index (χ2v) is 8.24. The number of carbonyl (C=O) groups excluding carboxylic acids is 1. The molecule has 0 aliphatic carbocycles. The van der Waals surface area contributed by atoms with Crippen LogP contribution in [0.4, 0.5) is 0 Å². The summed E-state index contributed by atoms with van der Waals surface area (Å²) in [6, 6.07) is 9.08. The molecular formula is C23H26N2O6S. The number of benzene rings is 2. The molecule has 1 unspecified atom stereocenters. The van der Waals surface area contributed by atoms with Gasteiger partial charge in [-0.2, -0.15) is 0 Å². The van der Waals surface area contributed by atoms with Crippen LogP contribution in [-0.2, 0) is 9.53 Å². The number of rotatable bonds is 8. The number of hydrogen-bond acceptors (Lipinski definition) is 8. The molecular weight excluding hydrogens is 432 g/mol. The van der Waals surface area contributed by atoms with E-state index in [0.29, 0.717) is 33.2 Å². The molecule has 1 aromatic heterocycles. The van der Waals surface area contributed by atoms with E-state index in [-0.39, 0.29) is 23.9 Å². The predicted octanol–water partition coefficient (Wildman–Crippen LogP) is 3.76. The fraction of sp³-hybridized carbons (Fsp3) is 0.348. The van der Waals surface area contributed by atoms with Crippen molar-refractivity contribution in [3.05, 3.63) is 46.2 Å². The number of carbonyl (C=O) groups is 1. The Labute approximate surface area is 190 Å². The first-order chi connectivity index (χ1) is 15.4. The highest BCUT2D eigenvalue weighted by Gasteiger charge is 2.25. The van der Waals surface area contributed by atoms with Crippen molar-refractivity contribution in [1.82, 2.24) is 9.55 Å². The van der Waals surface area contributed by atoms with Crippen LogP contribution in [0.2, 0.25) is 0 Å². The van der Waals surface area contributed by atoms with Gasteiger partial charge in [-0.05, 0) is 44.5 Å². The van der Waals surface area contributed by atoms with E-state index >= 15 is 0 Å². The van der Waals surface area contributed by atoms with Gasteiger partial charge in [-0.25, -0.2) is 4.98 Å². The number of aryl methyl sites for hydroxylation is 1. The number of hydrogen-bond donors (Lipinski definition) is 0. The highest BCUT2D eigenvalue weighted by Crippen LogP contribution is 2.42. The third kappa shape index (κ3) is 4.38. The lowest BCUT2D eigenvalue weighted by molar-refractivity contribution is -0.142. The van der Waals surface area contributed by atoms with E-state index in [0.717, 1.165) is 17.3 Å². The Morgan fingerprint density at radius 2 is 1.84 bits per heavy atom. The standard InChI is InChI=1S/C23H26N2O6S/c1-7-31-22(27)14(3)32-23-24-18-16(12-17(28-4)19(29-5)20(18)30-6)21(26)25(23)15-10-8-9-13(2)11-15/h8-12,14H,7H2,1-6H3. The summed E-state index contributed by atoms with van der Waals surface area (Å²) in [4.78, 5) is 30.7. The van der Waals surface area contributed by atoms with E-state index in [9.17, 15) is 9.59 Å². The minimum atomic E-state index is -0.582. The van der Waals surface area contributed by atoms with Crippen LogP contribution in [0.5, 0.6) is 17.2 Å². The summed E-state index contributed by atoms with van der Waals surface area (Å²) < 4.78 is 23.0. The lowest BCUT2D eigenvalue weighted by Gasteiger charge is -2.19. The maximum atomic E-state index is 13.7. The van der Waals surface area contributed by atoms with Gasteiger partial charge in [0, 0.05) is 0 Å².